The van der Waals surface area contributed by atoms with Gasteiger partial charge in [-0.25, -0.2) is 9.97 Å². The molecule has 7 heteroatoms. The van der Waals surface area contributed by atoms with Crippen LogP contribution in [0.3, 0.4) is 0 Å². The lowest BCUT2D eigenvalue weighted by atomic mass is 9.99. The second-order valence-electron chi connectivity index (χ2n) is 6.70. The first-order chi connectivity index (χ1) is 11.0. The molecule has 3 unspecified atom stereocenters. The summed E-state index contributed by atoms with van der Waals surface area (Å²) in [5, 5.41) is 3.02. The molecule has 2 aliphatic heterocycles. The highest BCUT2D eigenvalue weighted by Gasteiger charge is 2.45. The maximum absolute atomic E-state index is 12.4. The average Bonchev–Trinajstić information content (AvgIpc) is 2.82. The fraction of sp³-hybridized carbons (Fsp3) is 0.688. The molecule has 1 aromatic rings. The first-order valence-corrected chi connectivity index (χ1v) is 8.14. The van der Waals surface area contributed by atoms with Crippen LogP contribution in [0.25, 0.3) is 0 Å². The normalized spacial score (nSPS) is 26.6. The Bertz CT molecular complexity index is 548. The van der Waals surface area contributed by atoms with E-state index in [0.29, 0.717) is 13.1 Å². The molecule has 3 rings (SSSR count). The van der Waals surface area contributed by atoms with Crippen molar-refractivity contribution >= 4 is 11.9 Å². The van der Waals surface area contributed by atoms with E-state index < -0.39 is 0 Å². The summed E-state index contributed by atoms with van der Waals surface area (Å²) in [4.78, 5) is 25.4. The molecule has 1 aromatic heterocycles. The number of hydrogen-bond acceptors (Lipinski definition) is 6. The van der Waals surface area contributed by atoms with Gasteiger partial charge in [0.05, 0.1) is 18.1 Å². The van der Waals surface area contributed by atoms with Crippen molar-refractivity contribution in [3.05, 3.63) is 18.0 Å². The molecule has 2 bridgehead atoms. The van der Waals surface area contributed by atoms with Gasteiger partial charge in [0.15, 0.2) is 0 Å². The summed E-state index contributed by atoms with van der Waals surface area (Å²) in [5.41, 5.74) is 1.04. The van der Waals surface area contributed by atoms with Gasteiger partial charge in [0, 0.05) is 38.6 Å². The Kier molecular flexibility index (Phi) is 4.77. The number of fused-ring (bicyclic) bond motifs is 2. The van der Waals surface area contributed by atoms with E-state index in [1.54, 1.807) is 0 Å². The number of carbonyl (C=O) groups is 1. The highest BCUT2D eigenvalue weighted by atomic mass is 16.5. The van der Waals surface area contributed by atoms with Crippen molar-refractivity contribution in [1.82, 2.24) is 20.2 Å². The SMILES string of the molecule is Cc1cnc(N2CC3CC(C(=O)NCCN(C)C)C(C2)O3)nc1. The van der Waals surface area contributed by atoms with Crippen molar-refractivity contribution in [2.24, 2.45) is 5.92 Å². The van der Waals surface area contributed by atoms with Gasteiger partial charge in [-0.15, -0.1) is 0 Å². The van der Waals surface area contributed by atoms with Gasteiger partial charge in [0.25, 0.3) is 0 Å². The summed E-state index contributed by atoms with van der Waals surface area (Å²) in [7, 11) is 3.99. The quantitative estimate of drug-likeness (QED) is 0.827. The van der Waals surface area contributed by atoms with Gasteiger partial charge in [0.2, 0.25) is 11.9 Å². The maximum atomic E-state index is 12.4. The number of ether oxygens (including phenoxy) is 1. The van der Waals surface area contributed by atoms with Crippen LogP contribution < -0.4 is 10.2 Å². The van der Waals surface area contributed by atoms with Gasteiger partial charge in [0.1, 0.15) is 0 Å². The number of morpholine rings is 1. The van der Waals surface area contributed by atoms with E-state index in [1.165, 1.54) is 0 Å². The lowest BCUT2D eigenvalue weighted by molar-refractivity contribution is -0.126. The minimum absolute atomic E-state index is 0.0713. The molecule has 2 fully saturated rings. The van der Waals surface area contributed by atoms with Gasteiger partial charge in [-0.2, -0.15) is 0 Å². The van der Waals surface area contributed by atoms with Crippen LogP contribution in [-0.4, -0.2) is 73.3 Å². The molecule has 0 aromatic carbocycles. The number of nitrogens with one attached hydrogen (secondary N) is 1. The minimum atomic E-state index is -0.0717. The van der Waals surface area contributed by atoms with Crippen LogP contribution in [0.15, 0.2) is 12.4 Å². The van der Waals surface area contributed by atoms with E-state index in [1.807, 2.05) is 33.4 Å². The van der Waals surface area contributed by atoms with Crippen molar-refractivity contribution in [3.8, 4) is 0 Å². The first-order valence-electron chi connectivity index (χ1n) is 8.14. The number of amides is 1. The zero-order valence-electron chi connectivity index (χ0n) is 14.0. The van der Waals surface area contributed by atoms with Crippen molar-refractivity contribution in [2.75, 3.05) is 45.2 Å². The third kappa shape index (κ3) is 3.79. The molecular formula is C16H25N5O2. The molecule has 3 atom stereocenters. The zero-order valence-corrected chi connectivity index (χ0v) is 14.0. The Balaban J connectivity index is 1.59. The topological polar surface area (TPSA) is 70.6 Å². The van der Waals surface area contributed by atoms with Crippen LogP contribution in [0, 0.1) is 12.8 Å². The van der Waals surface area contributed by atoms with Crippen molar-refractivity contribution < 1.29 is 9.53 Å². The Hall–Kier alpha value is -1.73. The summed E-state index contributed by atoms with van der Waals surface area (Å²) in [6.07, 6.45) is 4.44. The van der Waals surface area contributed by atoms with E-state index in [0.717, 1.165) is 31.0 Å². The van der Waals surface area contributed by atoms with Gasteiger partial charge in [-0.1, -0.05) is 0 Å². The lowest BCUT2D eigenvalue weighted by Crippen LogP contribution is -2.46. The predicted molar refractivity (Wildman–Crippen MR) is 87.3 cm³/mol. The Morgan fingerprint density at radius 3 is 2.83 bits per heavy atom. The molecule has 126 valence electrons. The third-order valence-electron chi connectivity index (χ3n) is 4.40. The highest BCUT2D eigenvalue weighted by molar-refractivity contribution is 5.79. The van der Waals surface area contributed by atoms with E-state index in [4.69, 9.17) is 4.74 Å². The fourth-order valence-corrected chi connectivity index (χ4v) is 3.18. The second kappa shape index (κ2) is 6.80. The Labute approximate surface area is 137 Å². The van der Waals surface area contributed by atoms with E-state index in [2.05, 4.69) is 25.1 Å². The largest absolute Gasteiger partial charge is 0.370 e. The van der Waals surface area contributed by atoms with Gasteiger partial charge >= 0.3 is 0 Å². The molecule has 0 radical (unpaired) electrons. The van der Waals surface area contributed by atoms with Crippen LogP contribution in [0.5, 0.6) is 0 Å². The van der Waals surface area contributed by atoms with Crippen molar-refractivity contribution in [2.45, 2.75) is 25.6 Å². The molecule has 23 heavy (non-hydrogen) atoms. The van der Waals surface area contributed by atoms with Crippen LogP contribution in [0.4, 0.5) is 5.95 Å². The Morgan fingerprint density at radius 1 is 1.39 bits per heavy atom. The number of aromatic nitrogens is 2. The van der Waals surface area contributed by atoms with Crippen LogP contribution >= 0.6 is 0 Å². The molecule has 3 heterocycles. The zero-order chi connectivity index (χ0) is 16.4. The predicted octanol–water partition coefficient (Wildman–Crippen LogP) is 0.0565. The number of likely N-dealkylation sites (N-methyl/N-ethyl adjacent to an activating group) is 1. The van der Waals surface area contributed by atoms with Gasteiger partial charge in [-0.3, -0.25) is 4.79 Å². The summed E-state index contributed by atoms with van der Waals surface area (Å²) in [6.45, 7) is 4.91. The van der Waals surface area contributed by atoms with Crippen molar-refractivity contribution in [3.63, 3.8) is 0 Å². The number of aryl methyl sites for hydroxylation is 1. The monoisotopic (exact) mass is 319 g/mol. The van der Waals surface area contributed by atoms with E-state index in [-0.39, 0.29) is 24.0 Å². The maximum Gasteiger partial charge on any atom is 0.225 e. The second-order valence-corrected chi connectivity index (χ2v) is 6.70. The van der Waals surface area contributed by atoms with Crippen LogP contribution in [-0.2, 0) is 9.53 Å². The Morgan fingerprint density at radius 2 is 2.13 bits per heavy atom. The standard InChI is InChI=1S/C16H25N5O2/c1-11-7-18-16(19-8-11)21-9-12-6-13(14(10-21)23-12)15(22)17-4-5-20(2)3/h7-8,12-14H,4-6,9-10H2,1-3H3,(H,17,22). The highest BCUT2D eigenvalue weighted by Crippen LogP contribution is 2.33. The molecule has 0 aliphatic carbocycles. The lowest BCUT2D eigenvalue weighted by Gasteiger charge is -2.32. The average molecular weight is 319 g/mol. The number of carbonyl (C=O) groups excluding carboxylic acids is 1. The molecule has 2 saturated heterocycles. The summed E-state index contributed by atoms with van der Waals surface area (Å²) < 4.78 is 5.97. The molecule has 0 spiro atoms. The smallest absolute Gasteiger partial charge is 0.225 e. The summed E-state index contributed by atoms with van der Waals surface area (Å²) in [5.74, 6) is 0.756. The van der Waals surface area contributed by atoms with E-state index in [9.17, 15) is 4.79 Å². The summed E-state index contributed by atoms with van der Waals surface area (Å²) >= 11 is 0. The molecule has 1 amide bonds. The number of anilines is 1. The number of hydrogen-bond donors (Lipinski definition) is 1. The molecular weight excluding hydrogens is 294 g/mol. The number of nitrogens with zero attached hydrogens (tertiary/aromatic N) is 4. The number of rotatable bonds is 5. The fourth-order valence-electron chi connectivity index (χ4n) is 3.18. The molecule has 1 N–H and O–H groups in total. The molecule has 2 aliphatic rings. The summed E-state index contributed by atoms with van der Waals surface area (Å²) in [6, 6.07) is 0. The molecule has 7 nitrogen and oxygen atoms in total. The van der Waals surface area contributed by atoms with Crippen molar-refractivity contribution in [1.29, 1.82) is 0 Å². The van der Waals surface area contributed by atoms with Crippen LogP contribution in [0.2, 0.25) is 0 Å². The van der Waals surface area contributed by atoms with Crippen LogP contribution in [0.1, 0.15) is 12.0 Å². The van der Waals surface area contributed by atoms with Gasteiger partial charge < -0.3 is 19.9 Å². The minimum Gasteiger partial charge on any atom is -0.370 e. The molecule has 0 saturated carbocycles. The van der Waals surface area contributed by atoms with Gasteiger partial charge in [-0.05, 0) is 33.0 Å². The third-order valence-corrected chi connectivity index (χ3v) is 4.40. The first kappa shape index (κ1) is 16.1. The van der Waals surface area contributed by atoms with E-state index >= 15 is 0 Å².